The van der Waals surface area contributed by atoms with Crippen molar-refractivity contribution in [1.82, 2.24) is 0 Å². The van der Waals surface area contributed by atoms with E-state index in [2.05, 4.69) is 39.2 Å². The Labute approximate surface area is 134 Å². The SMILES string of the molecule is CC(C)c1ccccc1OC(CCCCCC(C)(C)C)=[O+][O-]. The maximum atomic E-state index is 10.9. The normalized spacial score (nSPS) is 12.7. The lowest BCUT2D eigenvalue weighted by Gasteiger charge is -2.17. The van der Waals surface area contributed by atoms with Gasteiger partial charge in [0.15, 0.2) is 0 Å². The first-order valence-corrected chi connectivity index (χ1v) is 8.26. The van der Waals surface area contributed by atoms with Gasteiger partial charge in [-0.3, -0.25) is 9.31 Å². The van der Waals surface area contributed by atoms with Gasteiger partial charge in [-0.25, -0.2) is 0 Å². The lowest BCUT2D eigenvalue weighted by molar-refractivity contribution is -1.05. The predicted molar refractivity (Wildman–Crippen MR) is 88.7 cm³/mol. The van der Waals surface area contributed by atoms with Gasteiger partial charge >= 0.3 is 5.97 Å². The number of benzene rings is 1. The van der Waals surface area contributed by atoms with Gasteiger partial charge < -0.3 is 5.26 Å². The molecule has 0 fully saturated rings. The first kappa shape index (κ1) is 18.5. The Morgan fingerprint density at radius 2 is 1.82 bits per heavy atom. The van der Waals surface area contributed by atoms with Crippen LogP contribution in [0, 0.1) is 5.41 Å². The highest BCUT2D eigenvalue weighted by molar-refractivity contribution is 5.73. The first-order valence-electron chi connectivity index (χ1n) is 8.26. The van der Waals surface area contributed by atoms with E-state index in [4.69, 9.17) is 4.74 Å². The van der Waals surface area contributed by atoms with Gasteiger partial charge in [-0.15, -0.1) is 0 Å². The minimum Gasteiger partial charge on any atom is -0.588 e. The van der Waals surface area contributed by atoms with Crippen molar-refractivity contribution in [2.45, 2.75) is 72.6 Å². The van der Waals surface area contributed by atoms with Crippen LogP contribution in [0.15, 0.2) is 24.3 Å². The van der Waals surface area contributed by atoms with Gasteiger partial charge in [0.25, 0.3) is 5.75 Å². The molecule has 0 aliphatic rings. The summed E-state index contributed by atoms with van der Waals surface area (Å²) in [5.41, 5.74) is 1.46. The number of para-hydroxylation sites is 1. The Morgan fingerprint density at radius 3 is 2.41 bits per heavy atom. The highest BCUT2D eigenvalue weighted by Gasteiger charge is 2.20. The summed E-state index contributed by atoms with van der Waals surface area (Å²) in [4.78, 5) is 0. The molecular formula is C19H30O3. The van der Waals surface area contributed by atoms with Crippen LogP contribution in [0.4, 0.5) is 0 Å². The Hall–Kier alpha value is -1.51. The van der Waals surface area contributed by atoms with E-state index < -0.39 is 0 Å². The Balaban J connectivity index is 2.47. The molecule has 0 aromatic heterocycles. The molecule has 0 N–H and O–H groups in total. The lowest BCUT2D eigenvalue weighted by Crippen LogP contribution is -2.17. The van der Waals surface area contributed by atoms with E-state index in [0.717, 1.165) is 30.6 Å². The van der Waals surface area contributed by atoms with Crippen LogP contribution in [0.1, 0.15) is 78.2 Å². The number of rotatable bonds is 7. The average Bonchev–Trinajstić information content (AvgIpc) is 2.44. The summed E-state index contributed by atoms with van der Waals surface area (Å²) >= 11 is 0. The van der Waals surface area contributed by atoms with Gasteiger partial charge in [-0.05, 0) is 24.2 Å². The number of unbranched alkanes of at least 4 members (excludes halogenated alkanes) is 2. The molecule has 1 rings (SSSR count). The topological polar surface area (TPSA) is 43.6 Å². The van der Waals surface area contributed by atoms with E-state index in [1.165, 1.54) is 6.42 Å². The predicted octanol–water partition coefficient (Wildman–Crippen LogP) is 4.52. The highest BCUT2D eigenvalue weighted by atomic mass is 17.1. The molecule has 0 aliphatic carbocycles. The number of hydrogen-bond acceptors (Lipinski definition) is 2. The summed E-state index contributed by atoms with van der Waals surface area (Å²) in [6.45, 7) is 10.9. The standard InChI is InChI=1S/C19H30O3/c1-15(2)16-11-8-9-12-17(16)21-18(22-20)13-7-6-10-14-19(3,4)5/h8-9,11-12,15H,6-7,10,13-14H2,1-5H3. The fraction of sp³-hybridized carbons (Fsp3) is 0.632. The van der Waals surface area contributed by atoms with Gasteiger partial charge in [0, 0.05) is 11.6 Å². The molecule has 3 nitrogen and oxygen atoms in total. The summed E-state index contributed by atoms with van der Waals surface area (Å²) in [5.74, 6) is 1.23. The highest BCUT2D eigenvalue weighted by Crippen LogP contribution is 2.26. The fourth-order valence-corrected chi connectivity index (χ4v) is 2.38. The van der Waals surface area contributed by atoms with Crippen molar-refractivity contribution in [1.29, 1.82) is 0 Å². The van der Waals surface area contributed by atoms with Crippen LogP contribution in [0.3, 0.4) is 0 Å². The molecule has 1 aromatic rings. The van der Waals surface area contributed by atoms with E-state index in [-0.39, 0.29) is 5.97 Å². The van der Waals surface area contributed by atoms with Crippen molar-refractivity contribution in [3.05, 3.63) is 29.8 Å². The van der Waals surface area contributed by atoms with Crippen molar-refractivity contribution in [3.8, 4) is 5.75 Å². The molecule has 0 bridgehead atoms. The number of hydrogen-bond donors (Lipinski definition) is 0. The van der Waals surface area contributed by atoms with E-state index in [0.29, 0.717) is 17.8 Å². The summed E-state index contributed by atoms with van der Waals surface area (Å²) < 4.78 is 9.87. The molecule has 0 spiro atoms. The third-order valence-corrected chi connectivity index (χ3v) is 3.67. The number of carbonyl (C=O) groups excluding carboxylic acids is 1. The van der Waals surface area contributed by atoms with Gasteiger partial charge in [0.2, 0.25) is 0 Å². The van der Waals surface area contributed by atoms with E-state index >= 15 is 0 Å². The van der Waals surface area contributed by atoms with Crippen LogP contribution in [0.5, 0.6) is 5.75 Å². The summed E-state index contributed by atoms with van der Waals surface area (Å²) in [5, 5.41) is 10.9. The summed E-state index contributed by atoms with van der Waals surface area (Å²) in [6.07, 6.45) is 4.91. The Kier molecular flexibility index (Phi) is 7.43. The zero-order chi connectivity index (χ0) is 16.6. The zero-order valence-electron chi connectivity index (χ0n) is 14.6. The minimum absolute atomic E-state index is 0.170. The molecule has 0 amide bonds. The van der Waals surface area contributed by atoms with E-state index in [9.17, 15) is 5.26 Å². The molecule has 3 heteroatoms. The maximum absolute atomic E-state index is 10.9. The zero-order valence-corrected chi connectivity index (χ0v) is 14.6. The molecule has 1 aromatic carbocycles. The third kappa shape index (κ3) is 6.97. The van der Waals surface area contributed by atoms with Gasteiger partial charge in [0.05, 0.1) is 0 Å². The van der Waals surface area contributed by atoms with E-state index in [1.807, 2.05) is 24.3 Å². The Bertz CT molecular complexity index is 470. The van der Waals surface area contributed by atoms with Gasteiger partial charge in [-0.1, -0.05) is 65.7 Å². The largest absolute Gasteiger partial charge is 0.588 e. The molecule has 124 valence electrons. The van der Waals surface area contributed by atoms with Crippen LogP contribution in [0.25, 0.3) is 0 Å². The van der Waals surface area contributed by atoms with Crippen molar-refractivity contribution < 1.29 is 14.6 Å². The van der Waals surface area contributed by atoms with Gasteiger partial charge in [0.1, 0.15) is 6.42 Å². The first-order chi connectivity index (χ1) is 10.3. The molecule has 0 atom stereocenters. The number of esters is 1. The molecule has 0 radical (unpaired) electrons. The molecule has 0 unspecified atom stereocenters. The summed E-state index contributed by atoms with van der Waals surface area (Å²) in [6, 6.07) is 7.79. The molecule has 0 saturated heterocycles. The monoisotopic (exact) mass is 306 g/mol. The van der Waals surface area contributed by atoms with Crippen molar-refractivity contribution in [2.24, 2.45) is 5.41 Å². The Morgan fingerprint density at radius 1 is 1.14 bits per heavy atom. The second kappa shape index (κ2) is 8.82. The second-order valence-corrected chi connectivity index (χ2v) is 7.37. The summed E-state index contributed by atoms with van der Waals surface area (Å²) in [7, 11) is 0. The quantitative estimate of drug-likeness (QED) is 0.186. The molecular weight excluding hydrogens is 276 g/mol. The van der Waals surface area contributed by atoms with Crippen LogP contribution in [-0.2, 0) is 4.58 Å². The minimum atomic E-state index is 0.170. The molecule has 0 saturated carbocycles. The smallest absolute Gasteiger partial charge is 0.503 e. The van der Waals surface area contributed by atoms with Crippen LogP contribution in [-0.4, -0.2) is 5.97 Å². The van der Waals surface area contributed by atoms with E-state index in [1.54, 1.807) is 0 Å². The molecule has 22 heavy (non-hydrogen) atoms. The third-order valence-electron chi connectivity index (χ3n) is 3.67. The fourth-order valence-electron chi connectivity index (χ4n) is 2.38. The molecule has 0 heterocycles. The second-order valence-electron chi connectivity index (χ2n) is 7.37. The number of ether oxygens (including phenoxy) is 1. The maximum Gasteiger partial charge on any atom is 0.503 e. The van der Waals surface area contributed by atoms with Gasteiger partial charge in [-0.2, -0.15) is 0 Å². The average molecular weight is 306 g/mol. The van der Waals surface area contributed by atoms with Crippen molar-refractivity contribution >= 4 is 5.97 Å². The van der Waals surface area contributed by atoms with Crippen LogP contribution >= 0.6 is 0 Å². The lowest BCUT2D eigenvalue weighted by atomic mass is 9.89. The van der Waals surface area contributed by atoms with Crippen molar-refractivity contribution in [2.75, 3.05) is 0 Å². The molecule has 0 aliphatic heterocycles. The van der Waals surface area contributed by atoms with Crippen LogP contribution < -0.4 is 9.99 Å². The van der Waals surface area contributed by atoms with Crippen molar-refractivity contribution in [3.63, 3.8) is 0 Å². The van der Waals surface area contributed by atoms with Crippen LogP contribution in [0.2, 0.25) is 0 Å².